The van der Waals surface area contributed by atoms with Gasteiger partial charge in [-0.15, -0.1) is 0 Å². The molecular formula is C19H30O2. The van der Waals surface area contributed by atoms with Crippen molar-refractivity contribution < 1.29 is 18.1 Å². The Hall–Kier alpha value is -0.370. The normalized spacial score (nSPS) is 68.0. The topological polar surface area (TPSA) is 37.3 Å². The quantitative estimate of drug-likeness (QED) is 0.734. The van der Waals surface area contributed by atoms with Gasteiger partial charge in [-0.2, -0.15) is 0 Å². The molecule has 4 aliphatic carbocycles. The van der Waals surface area contributed by atoms with E-state index in [0.717, 1.165) is 6.42 Å². The molecule has 0 unspecified atom stereocenters. The van der Waals surface area contributed by atoms with E-state index < -0.39 is 42.0 Å². The number of hydrogen-bond donors (Lipinski definition) is 1. The standard InChI is InChI=1S/C19H30O2/c1-18-9-7-13(20)11-12(18)3-4-14-15-5-6-17(21)19(15,2)10-8-16(14)18/h12-16,20H,3-11H2,1-2H3/t12-,13+,14+,15+,16+,18+,19+/m1/s1/i6D2,7D2,11D2. The Balaban J connectivity index is 1.74. The van der Waals surface area contributed by atoms with Gasteiger partial charge in [-0.05, 0) is 80.4 Å². The molecule has 0 saturated heterocycles. The lowest BCUT2D eigenvalue weighted by atomic mass is 9.45. The van der Waals surface area contributed by atoms with Crippen molar-refractivity contribution in [1.29, 1.82) is 0 Å². The van der Waals surface area contributed by atoms with Gasteiger partial charge >= 0.3 is 0 Å². The second-order valence-corrected chi connectivity index (χ2v) is 8.13. The zero-order chi connectivity index (χ0) is 20.2. The molecule has 118 valence electrons. The summed E-state index contributed by atoms with van der Waals surface area (Å²) in [6, 6.07) is 0. The Morgan fingerprint density at radius 2 is 1.95 bits per heavy atom. The number of fused-ring (bicyclic) bond motifs is 5. The first-order chi connectivity index (χ1) is 12.2. The highest BCUT2D eigenvalue weighted by molar-refractivity contribution is 5.87. The summed E-state index contributed by atoms with van der Waals surface area (Å²) in [5.41, 5.74) is -1.24. The van der Waals surface area contributed by atoms with Crippen LogP contribution in [-0.2, 0) is 4.79 Å². The Kier molecular flexibility index (Phi) is 1.97. The second kappa shape index (κ2) is 4.57. The lowest BCUT2D eigenvalue weighted by molar-refractivity contribution is -0.142. The number of aliphatic hydroxyl groups is 1. The molecule has 4 aliphatic rings. The van der Waals surface area contributed by atoms with Crippen molar-refractivity contribution in [1.82, 2.24) is 0 Å². The molecule has 0 spiro atoms. The summed E-state index contributed by atoms with van der Waals surface area (Å²) >= 11 is 0. The molecule has 2 heteroatoms. The number of hydrogen-bond acceptors (Lipinski definition) is 2. The average Bonchev–Trinajstić information content (AvgIpc) is 2.72. The Morgan fingerprint density at radius 1 is 1.14 bits per heavy atom. The summed E-state index contributed by atoms with van der Waals surface area (Å²) in [6.45, 7) is 3.88. The van der Waals surface area contributed by atoms with E-state index in [4.69, 9.17) is 8.22 Å². The zero-order valence-electron chi connectivity index (χ0n) is 19.0. The summed E-state index contributed by atoms with van der Waals surface area (Å²) in [5, 5.41) is 10.4. The number of carbonyl (C=O) groups is 1. The van der Waals surface area contributed by atoms with E-state index in [1.807, 2.05) is 13.8 Å². The third-order valence-electron chi connectivity index (χ3n) is 7.30. The molecule has 0 bridgehead atoms. The van der Waals surface area contributed by atoms with Crippen LogP contribution in [0.25, 0.3) is 0 Å². The van der Waals surface area contributed by atoms with Gasteiger partial charge in [0.2, 0.25) is 0 Å². The predicted octanol–water partition coefficient (Wildman–Crippen LogP) is 3.96. The fraction of sp³-hybridized carbons (Fsp3) is 0.947. The smallest absolute Gasteiger partial charge is 0.139 e. The molecule has 1 N–H and O–H groups in total. The molecule has 4 saturated carbocycles. The maximum Gasteiger partial charge on any atom is 0.139 e. The maximum absolute atomic E-state index is 12.7. The van der Waals surface area contributed by atoms with Crippen LogP contribution >= 0.6 is 0 Å². The van der Waals surface area contributed by atoms with E-state index in [0.29, 0.717) is 19.3 Å². The van der Waals surface area contributed by atoms with Gasteiger partial charge in [0.25, 0.3) is 0 Å². The largest absolute Gasteiger partial charge is 0.393 e. The highest BCUT2D eigenvalue weighted by Crippen LogP contribution is 2.65. The van der Waals surface area contributed by atoms with Crippen molar-refractivity contribution in [3.8, 4) is 0 Å². The lowest BCUT2D eigenvalue weighted by Crippen LogP contribution is -2.54. The molecule has 0 aromatic carbocycles. The van der Waals surface area contributed by atoms with Crippen LogP contribution in [0.2, 0.25) is 0 Å². The molecule has 4 fully saturated rings. The van der Waals surface area contributed by atoms with E-state index >= 15 is 0 Å². The fourth-order valence-corrected chi connectivity index (χ4v) is 5.93. The molecule has 0 heterocycles. The molecule has 21 heavy (non-hydrogen) atoms. The van der Waals surface area contributed by atoms with E-state index in [1.165, 1.54) is 0 Å². The fourth-order valence-electron chi connectivity index (χ4n) is 5.93. The van der Waals surface area contributed by atoms with Crippen molar-refractivity contribution >= 4 is 5.78 Å². The summed E-state index contributed by atoms with van der Waals surface area (Å²) in [5.74, 6) is -0.569. The van der Waals surface area contributed by atoms with Crippen molar-refractivity contribution in [3.63, 3.8) is 0 Å². The molecule has 0 amide bonds. The molecule has 0 aromatic heterocycles. The van der Waals surface area contributed by atoms with E-state index in [9.17, 15) is 9.90 Å². The van der Waals surface area contributed by atoms with Crippen LogP contribution in [0.3, 0.4) is 0 Å². The monoisotopic (exact) mass is 296 g/mol. The number of Topliss-reactive ketones (excluding diaryl/α,β-unsaturated/α-hetero) is 1. The van der Waals surface area contributed by atoms with Gasteiger partial charge in [0, 0.05) is 20.0 Å². The highest BCUT2D eigenvalue weighted by atomic mass is 16.3. The van der Waals surface area contributed by atoms with Gasteiger partial charge in [-0.3, -0.25) is 4.79 Å². The van der Waals surface area contributed by atoms with Crippen LogP contribution in [0.1, 0.15) is 79.7 Å². The van der Waals surface area contributed by atoms with Gasteiger partial charge in [-0.1, -0.05) is 13.8 Å². The number of carbonyl (C=O) groups excluding carboxylic acids is 1. The predicted molar refractivity (Wildman–Crippen MR) is 82.7 cm³/mol. The number of aliphatic hydroxyl groups excluding tert-OH is 1. The minimum Gasteiger partial charge on any atom is -0.393 e. The van der Waals surface area contributed by atoms with Gasteiger partial charge in [0.15, 0.2) is 0 Å². The summed E-state index contributed by atoms with van der Waals surface area (Å²) in [7, 11) is 0. The van der Waals surface area contributed by atoms with Gasteiger partial charge in [0.05, 0.1) is 6.10 Å². The third-order valence-corrected chi connectivity index (χ3v) is 7.30. The van der Waals surface area contributed by atoms with E-state index in [2.05, 4.69) is 0 Å². The Bertz CT molecular complexity index is 679. The summed E-state index contributed by atoms with van der Waals surface area (Å²) in [4.78, 5) is 12.7. The van der Waals surface area contributed by atoms with Crippen LogP contribution in [-0.4, -0.2) is 17.0 Å². The summed E-state index contributed by atoms with van der Waals surface area (Å²) < 4.78 is 49.9. The number of rotatable bonds is 0. The van der Waals surface area contributed by atoms with Crippen molar-refractivity contribution in [2.24, 2.45) is 34.5 Å². The van der Waals surface area contributed by atoms with Crippen LogP contribution in [0.15, 0.2) is 0 Å². The molecule has 0 aliphatic heterocycles. The second-order valence-electron chi connectivity index (χ2n) is 8.13. The molecule has 0 aromatic rings. The Morgan fingerprint density at radius 3 is 2.76 bits per heavy atom. The first kappa shape index (κ1) is 9.05. The molecule has 4 rings (SSSR count). The minimum atomic E-state index is -1.99. The average molecular weight is 296 g/mol. The van der Waals surface area contributed by atoms with E-state index in [-0.39, 0.29) is 36.4 Å². The van der Waals surface area contributed by atoms with Crippen molar-refractivity contribution in [3.05, 3.63) is 0 Å². The van der Waals surface area contributed by atoms with Crippen LogP contribution in [0.4, 0.5) is 0 Å². The molecule has 2 nitrogen and oxygen atoms in total. The van der Waals surface area contributed by atoms with Gasteiger partial charge < -0.3 is 5.11 Å². The molecule has 7 atom stereocenters. The zero-order valence-corrected chi connectivity index (χ0v) is 13.0. The summed E-state index contributed by atoms with van der Waals surface area (Å²) in [6.07, 6.45) is -4.47. The number of ketones is 1. The van der Waals surface area contributed by atoms with Crippen LogP contribution in [0.5, 0.6) is 0 Å². The van der Waals surface area contributed by atoms with Crippen LogP contribution < -0.4 is 0 Å². The first-order valence-corrected chi connectivity index (χ1v) is 8.41. The first-order valence-electron chi connectivity index (χ1n) is 11.4. The van der Waals surface area contributed by atoms with Crippen LogP contribution in [0, 0.1) is 34.5 Å². The minimum absolute atomic E-state index is 0.0555. The highest BCUT2D eigenvalue weighted by Gasteiger charge is 2.60. The molecule has 0 radical (unpaired) electrons. The molecular weight excluding hydrogens is 260 g/mol. The maximum atomic E-state index is 12.7. The van der Waals surface area contributed by atoms with Gasteiger partial charge in [0.1, 0.15) is 5.78 Å². The van der Waals surface area contributed by atoms with E-state index in [1.54, 1.807) is 0 Å². The Labute approximate surface area is 137 Å². The SMILES string of the molecule is [2H]C1([2H])C[C@H]2[C@@H]3CC[C@@H]4C([2H])([2H])[C@@H](O)C([2H])([2H])C[C@]4(C)[C@H]3CC[C@]2(C)C1=O. The van der Waals surface area contributed by atoms with Crippen molar-refractivity contribution in [2.75, 3.05) is 0 Å². The van der Waals surface area contributed by atoms with Gasteiger partial charge in [-0.25, -0.2) is 0 Å². The lowest BCUT2D eigenvalue weighted by Gasteiger charge is -2.60. The third kappa shape index (κ3) is 1.84. The van der Waals surface area contributed by atoms with Crippen molar-refractivity contribution in [2.45, 2.75) is 77.6 Å².